The highest BCUT2D eigenvalue weighted by atomic mass is 16.2. The molecule has 0 bridgehead atoms. The molecular weight excluding hydrogens is 268 g/mol. The topological polar surface area (TPSA) is 66.5 Å². The van der Waals surface area contributed by atoms with E-state index in [2.05, 4.69) is 12.2 Å². The second-order valence-corrected chi connectivity index (χ2v) is 5.33. The zero-order valence-corrected chi connectivity index (χ0v) is 12.4. The molecule has 5 nitrogen and oxygen atoms in total. The normalized spacial score (nSPS) is 16.2. The van der Waals surface area contributed by atoms with E-state index in [0.29, 0.717) is 11.3 Å². The molecule has 1 N–H and O–H groups in total. The molecule has 1 unspecified atom stereocenters. The number of benzene rings is 1. The highest BCUT2D eigenvalue weighted by Crippen LogP contribution is 2.22. The van der Waals surface area contributed by atoms with Gasteiger partial charge in [0.2, 0.25) is 11.8 Å². The van der Waals surface area contributed by atoms with Gasteiger partial charge in [-0.05, 0) is 37.6 Å². The Bertz CT molecular complexity index is 535. The van der Waals surface area contributed by atoms with Gasteiger partial charge in [-0.25, -0.2) is 0 Å². The van der Waals surface area contributed by atoms with E-state index in [1.807, 2.05) is 6.92 Å². The summed E-state index contributed by atoms with van der Waals surface area (Å²) >= 11 is 0. The highest BCUT2D eigenvalue weighted by Gasteiger charge is 2.30. The first-order valence-corrected chi connectivity index (χ1v) is 7.29. The lowest BCUT2D eigenvalue weighted by Crippen LogP contribution is -2.32. The first kappa shape index (κ1) is 15.2. The zero-order valence-electron chi connectivity index (χ0n) is 12.4. The number of carbonyl (C=O) groups excluding carboxylic acids is 3. The van der Waals surface area contributed by atoms with Crippen LogP contribution in [0.2, 0.25) is 0 Å². The van der Waals surface area contributed by atoms with Crippen LogP contribution in [0.15, 0.2) is 24.3 Å². The number of hydrogen-bond donors (Lipinski definition) is 1. The number of hydrogen-bond acceptors (Lipinski definition) is 3. The van der Waals surface area contributed by atoms with Crippen LogP contribution in [0.5, 0.6) is 0 Å². The number of carbonyl (C=O) groups is 3. The zero-order chi connectivity index (χ0) is 15.4. The minimum atomic E-state index is -0.186. The molecule has 1 aromatic rings. The van der Waals surface area contributed by atoms with E-state index >= 15 is 0 Å². The minimum Gasteiger partial charge on any atom is -0.350 e. The van der Waals surface area contributed by atoms with Crippen molar-refractivity contribution in [1.82, 2.24) is 5.32 Å². The summed E-state index contributed by atoms with van der Waals surface area (Å²) in [5, 5.41) is 2.92. The minimum absolute atomic E-state index is 0.129. The molecule has 1 saturated heterocycles. The van der Waals surface area contributed by atoms with Crippen molar-refractivity contribution in [3.05, 3.63) is 29.8 Å². The van der Waals surface area contributed by atoms with Gasteiger partial charge in [-0.3, -0.25) is 19.3 Å². The third kappa shape index (κ3) is 3.48. The Morgan fingerprint density at radius 2 is 1.76 bits per heavy atom. The van der Waals surface area contributed by atoms with Crippen LogP contribution in [0.25, 0.3) is 0 Å². The molecular formula is C16H20N2O3. The standard InChI is InChI=1S/C16H20N2O3/c1-3-4-11(2)17-16(21)12-5-7-13(8-6-12)18-14(19)9-10-15(18)20/h5-8,11H,3-4,9-10H2,1-2H3,(H,17,21). The molecule has 0 aliphatic carbocycles. The van der Waals surface area contributed by atoms with Gasteiger partial charge in [0.1, 0.15) is 0 Å². The van der Waals surface area contributed by atoms with E-state index in [1.165, 1.54) is 4.90 Å². The molecule has 1 atom stereocenters. The Balaban J connectivity index is 2.07. The van der Waals surface area contributed by atoms with Crippen molar-refractivity contribution in [2.75, 3.05) is 4.90 Å². The molecule has 0 saturated carbocycles. The quantitative estimate of drug-likeness (QED) is 0.845. The summed E-state index contributed by atoms with van der Waals surface area (Å²) in [4.78, 5) is 36.5. The number of rotatable bonds is 5. The van der Waals surface area contributed by atoms with E-state index in [4.69, 9.17) is 0 Å². The fraction of sp³-hybridized carbons (Fsp3) is 0.438. The number of amides is 3. The predicted molar refractivity (Wildman–Crippen MR) is 80.0 cm³/mol. The molecule has 21 heavy (non-hydrogen) atoms. The smallest absolute Gasteiger partial charge is 0.251 e. The Hall–Kier alpha value is -2.17. The lowest BCUT2D eigenvalue weighted by molar-refractivity contribution is -0.121. The van der Waals surface area contributed by atoms with Gasteiger partial charge in [0.25, 0.3) is 5.91 Å². The Morgan fingerprint density at radius 3 is 2.29 bits per heavy atom. The van der Waals surface area contributed by atoms with E-state index in [-0.39, 0.29) is 36.6 Å². The summed E-state index contributed by atoms with van der Waals surface area (Å²) in [5.41, 5.74) is 1.06. The first-order valence-electron chi connectivity index (χ1n) is 7.29. The van der Waals surface area contributed by atoms with Crippen LogP contribution in [0, 0.1) is 0 Å². The van der Waals surface area contributed by atoms with Gasteiger partial charge in [0, 0.05) is 24.4 Å². The largest absolute Gasteiger partial charge is 0.350 e. The van der Waals surface area contributed by atoms with Crippen LogP contribution in [0.1, 0.15) is 49.9 Å². The monoisotopic (exact) mass is 288 g/mol. The van der Waals surface area contributed by atoms with Gasteiger partial charge in [-0.1, -0.05) is 13.3 Å². The molecule has 3 amide bonds. The summed E-state index contributed by atoms with van der Waals surface area (Å²) in [6.07, 6.45) is 2.46. The van der Waals surface area contributed by atoms with E-state index in [0.717, 1.165) is 12.8 Å². The summed E-state index contributed by atoms with van der Waals surface area (Å²) in [6, 6.07) is 6.69. The van der Waals surface area contributed by atoms with Gasteiger partial charge < -0.3 is 5.32 Å². The van der Waals surface area contributed by atoms with Gasteiger partial charge >= 0.3 is 0 Å². The van der Waals surface area contributed by atoms with E-state index in [9.17, 15) is 14.4 Å². The molecule has 5 heteroatoms. The van der Waals surface area contributed by atoms with Crippen LogP contribution in [-0.2, 0) is 9.59 Å². The van der Waals surface area contributed by atoms with Crippen molar-refractivity contribution >= 4 is 23.4 Å². The molecule has 1 aliphatic rings. The van der Waals surface area contributed by atoms with E-state index < -0.39 is 0 Å². The van der Waals surface area contributed by atoms with Crippen LogP contribution in [0.4, 0.5) is 5.69 Å². The number of imide groups is 1. The average Bonchev–Trinajstić information content (AvgIpc) is 2.78. The maximum atomic E-state index is 12.0. The third-order valence-corrected chi connectivity index (χ3v) is 3.54. The first-order chi connectivity index (χ1) is 10.0. The fourth-order valence-electron chi connectivity index (χ4n) is 2.44. The predicted octanol–water partition coefficient (Wildman–Crippen LogP) is 2.26. The van der Waals surface area contributed by atoms with Crippen LogP contribution in [-0.4, -0.2) is 23.8 Å². The molecule has 2 rings (SSSR count). The molecule has 0 spiro atoms. The van der Waals surface area contributed by atoms with Crippen LogP contribution < -0.4 is 10.2 Å². The second-order valence-electron chi connectivity index (χ2n) is 5.33. The molecule has 0 aromatic heterocycles. The number of anilines is 1. The molecule has 112 valence electrons. The molecule has 1 aromatic carbocycles. The van der Waals surface area contributed by atoms with Crippen molar-refractivity contribution < 1.29 is 14.4 Å². The maximum absolute atomic E-state index is 12.0. The number of nitrogens with zero attached hydrogens (tertiary/aromatic N) is 1. The van der Waals surface area contributed by atoms with Gasteiger partial charge in [-0.2, -0.15) is 0 Å². The molecule has 0 radical (unpaired) electrons. The molecule has 1 fully saturated rings. The van der Waals surface area contributed by atoms with Gasteiger partial charge in [0.15, 0.2) is 0 Å². The Kier molecular flexibility index (Phi) is 4.73. The second kappa shape index (κ2) is 6.52. The van der Waals surface area contributed by atoms with Crippen LogP contribution >= 0.6 is 0 Å². The fourth-order valence-corrected chi connectivity index (χ4v) is 2.44. The van der Waals surface area contributed by atoms with Gasteiger partial charge in [-0.15, -0.1) is 0 Å². The average molecular weight is 288 g/mol. The van der Waals surface area contributed by atoms with Crippen molar-refractivity contribution in [1.29, 1.82) is 0 Å². The highest BCUT2D eigenvalue weighted by molar-refractivity contribution is 6.19. The summed E-state index contributed by atoms with van der Waals surface area (Å²) in [6.45, 7) is 4.04. The van der Waals surface area contributed by atoms with E-state index in [1.54, 1.807) is 24.3 Å². The summed E-state index contributed by atoms with van der Waals surface area (Å²) < 4.78 is 0. The summed E-state index contributed by atoms with van der Waals surface area (Å²) in [7, 11) is 0. The Labute approximate surface area is 124 Å². The van der Waals surface area contributed by atoms with Gasteiger partial charge in [0.05, 0.1) is 5.69 Å². The van der Waals surface area contributed by atoms with Crippen molar-refractivity contribution in [3.8, 4) is 0 Å². The third-order valence-electron chi connectivity index (χ3n) is 3.54. The summed E-state index contributed by atoms with van der Waals surface area (Å²) in [5.74, 6) is -0.510. The SMILES string of the molecule is CCCC(C)NC(=O)c1ccc(N2C(=O)CCC2=O)cc1. The lowest BCUT2D eigenvalue weighted by atomic mass is 10.1. The van der Waals surface area contributed by atoms with Crippen molar-refractivity contribution in [2.24, 2.45) is 0 Å². The molecule has 1 aliphatic heterocycles. The van der Waals surface area contributed by atoms with Crippen LogP contribution in [0.3, 0.4) is 0 Å². The Morgan fingerprint density at radius 1 is 1.19 bits per heavy atom. The van der Waals surface area contributed by atoms with Crippen molar-refractivity contribution in [2.45, 2.75) is 45.6 Å². The molecule has 1 heterocycles. The lowest BCUT2D eigenvalue weighted by Gasteiger charge is -2.15. The number of nitrogens with one attached hydrogen (secondary N) is 1. The van der Waals surface area contributed by atoms with Crippen molar-refractivity contribution in [3.63, 3.8) is 0 Å². The maximum Gasteiger partial charge on any atom is 0.251 e.